The molecule has 0 spiro atoms. The van der Waals surface area contributed by atoms with Crippen molar-refractivity contribution in [3.05, 3.63) is 29.3 Å². The van der Waals surface area contributed by atoms with E-state index >= 15 is 0 Å². The Labute approximate surface area is 63.6 Å². The Hall–Kier alpha value is -1.12. The molecule has 3 heteroatoms. The summed E-state index contributed by atoms with van der Waals surface area (Å²) in [5.41, 5.74) is 0.281. The van der Waals surface area contributed by atoms with Crippen molar-refractivity contribution in [3.8, 4) is 5.75 Å². The molecule has 0 bridgehead atoms. The van der Waals surface area contributed by atoms with Gasteiger partial charge in [-0.1, -0.05) is 0 Å². The third-order valence-corrected chi connectivity index (χ3v) is 1.43. The topological polar surface area (TPSA) is 9.23 Å². The highest BCUT2D eigenvalue weighted by atomic mass is 19.1. The van der Waals surface area contributed by atoms with Crippen molar-refractivity contribution in [2.45, 2.75) is 6.92 Å². The van der Waals surface area contributed by atoms with Crippen molar-refractivity contribution in [2.24, 2.45) is 0 Å². The maximum atomic E-state index is 12.7. The standard InChI is InChI=1S/C8H8F2O/c1-5-3-7(10)8(11-2)4-6(5)9/h3-4H,1-2H3. The van der Waals surface area contributed by atoms with Crippen molar-refractivity contribution in [1.82, 2.24) is 0 Å². The molecule has 1 rings (SSSR count). The van der Waals surface area contributed by atoms with Crippen LogP contribution >= 0.6 is 0 Å². The molecular weight excluding hydrogens is 150 g/mol. The molecule has 0 amide bonds. The number of aryl methyl sites for hydroxylation is 1. The fourth-order valence-electron chi connectivity index (χ4n) is 0.784. The van der Waals surface area contributed by atoms with Crippen LogP contribution in [0.15, 0.2) is 12.1 Å². The van der Waals surface area contributed by atoms with Crippen molar-refractivity contribution >= 4 is 0 Å². The molecule has 0 N–H and O–H groups in total. The molecule has 1 nitrogen and oxygen atoms in total. The molecule has 0 fully saturated rings. The molecule has 0 atom stereocenters. The summed E-state index contributed by atoms with van der Waals surface area (Å²) < 4.78 is 30.0. The lowest BCUT2D eigenvalue weighted by Gasteiger charge is -2.02. The van der Waals surface area contributed by atoms with Gasteiger partial charge in [-0.05, 0) is 18.6 Å². The Morgan fingerprint density at radius 2 is 1.82 bits per heavy atom. The van der Waals surface area contributed by atoms with E-state index in [1.807, 2.05) is 0 Å². The summed E-state index contributed by atoms with van der Waals surface area (Å²) in [5.74, 6) is -1.05. The average molecular weight is 158 g/mol. The zero-order chi connectivity index (χ0) is 8.43. The Morgan fingerprint density at radius 1 is 1.18 bits per heavy atom. The molecule has 0 aliphatic heterocycles. The number of hydrogen-bond acceptors (Lipinski definition) is 1. The lowest BCUT2D eigenvalue weighted by atomic mass is 10.2. The molecule has 0 saturated carbocycles. The van der Waals surface area contributed by atoms with Crippen LogP contribution in [-0.4, -0.2) is 7.11 Å². The van der Waals surface area contributed by atoms with E-state index in [-0.39, 0.29) is 11.3 Å². The Morgan fingerprint density at radius 3 is 2.36 bits per heavy atom. The first-order valence-corrected chi connectivity index (χ1v) is 3.15. The summed E-state index contributed by atoms with van der Waals surface area (Å²) in [4.78, 5) is 0. The van der Waals surface area contributed by atoms with Crippen LogP contribution in [0, 0.1) is 18.6 Å². The average Bonchev–Trinajstić information content (AvgIpc) is 1.97. The number of benzene rings is 1. The predicted octanol–water partition coefficient (Wildman–Crippen LogP) is 2.28. The minimum atomic E-state index is -0.536. The van der Waals surface area contributed by atoms with Crippen LogP contribution in [0.25, 0.3) is 0 Å². The van der Waals surface area contributed by atoms with Crippen molar-refractivity contribution in [3.63, 3.8) is 0 Å². The third-order valence-electron chi connectivity index (χ3n) is 1.43. The van der Waals surface area contributed by atoms with Gasteiger partial charge in [-0.2, -0.15) is 0 Å². The molecule has 0 aliphatic rings. The first-order valence-electron chi connectivity index (χ1n) is 3.15. The minimum Gasteiger partial charge on any atom is -0.494 e. The number of rotatable bonds is 1. The lowest BCUT2D eigenvalue weighted by Crippen LogP contribution is -1.91. The van der Waals surface area contributed by atoms with Gasteiger partial charge in [0.2, 0.25) is 0 Å². The number of ether oxygens (including phenoxy) is 1. The Bertz CT molecular complexity index is 271. The van der Waals surface area contributed by atoms with Crippen LogP contribution in [0.3, 0.4) is 0 Å². The van der Waals surface area contributed by atoms with Crippen LogP contribution < -0.4 is 4.74 Å². The van der Waals surface area contributed by atoms with Crippen molar-refractivity contribution in [1.29, 1.82) is 0 Å². The minimum absolute atomic E-state index is 0.0619. The first-order chi connectivity index (χ1) is 5.15. The molecule has 0 saturated heterocycles. The molecule has 0 aromatic heterocycles. The molecular formula is C8H8F2O. The predicted molar refractivity (Wildman–Crippen MR) is 37.6 cm³/mol. The lowest BCUT2D eigenvalue weighted by molar-refractivity contribution is 0.382. The summed E-state index contributed by atoms with van der Waals surface area (Å²) in [7, 11) is 1.30. The highest BCUT2D eigenvalue weighted by Gasteiger charge is 2.05. The second-order valence-electron chi connectivity index (χ2n) is 2.24. The smallest absolute Gasteiger partial charge is 0.165 e. The molecule has 1 aromatic carbocycles. The largest absolute Gasteiger partial charge is 0.494 e. The van der Waals surface area contributed by atoms with Gasteiger partial charge in [0.25, 0.3) is 0 Å². The quantitative estimate of drug-likeness (QED) is 0.609. The summed E-state index contributed by atoms with van der Waals surface area (Å²) in [6.45, 7) is 1.50. The van der Waals surface area contributed by atoms with Crippen LogP contribution in [0.2, 0.25) is 0 Å². The van der Waals surface area contributed by atoms with Gasteiger partial charge in [0, 0.05) is 6.07 Å². The van der Waals surface area contributed by atoms with E-state index in [9.17, 15) is 8.78 Å². The summed E-state index contributed by atoms with van der Waals surface area (Å²) in [6, 6.07) is 2.14. The molecule has 11 heavy (non-hydrogen) atoms. The number of hydrogen-bond donors (Lipinski definition) is 0. The highest BCUT2D eigenvalue weighted by molar-refractivity contribution is 5.29. The van der Waals surface area contributed by atoms with Crippen LogP contribution in [0.5, 0.6) is 5.75 Å². The van der Waals surface area contributed by atoms with Gasteiger partial charge < -0.3 is 4.74 Å². The highest BCUT2D eigenvalue weighted by Crippen LogP contribution is 2.20. The van der Waals surface area contributed by atoms with Gasteiger partial charge >= 0.3 is 0 Å². The fraction of sp³-hybridized carbons (Fsp3) is 0.250. The summed E-state index contributed by atoms with van der Waals surface area (Å²) in [6.07, 6.45) is 0. The van der Waals surface area contributed by atoms with Crippen LogP contribution in [0.4, 0.5) is 8.78 Å². The van der Waals surface area contributed by atoms with Crippen LogP contribution in [-0.2, 0) is 0 Å². The van der Waals surface area contributed by atoms with E-state index in [1.54, 1.807) is 0 Å². The normalized spacial score (nSPS) is 9.82. The monoisotopic (exact) mass is 158 g/mol. The maximum Gasteiger partial charge on any atom is 0.165 e. The zero-order valence-corrected chi connectivity index (χ0v) is 6.32. The first kappa shape index (κ1) is 7.98. The van der Waals surface area contributed by atoms with Gasteiger partial charge in [-0.15, -0.1) is 0 Å². The Kier molecular flexibility index (Phi) is 2.08. The van der Waals surface area contributed by atoms with Gasteiger partial charge in [0.1, 0.15) is 5.82 Å². The zero-order valence-electron chi connectivity index (χ0n) is 6.32. The van der Waals surface area contributed by atoms with Crippen molar-refractivity contribution in [2.75, 3.05) is 7.11 Å². The summed E-state index contributed by atoms with van der Waals surface area (Å²) in [5, 5.41) is 0. The van der Waals surface area contributed by atoms with E-state index in [1.165, 1.54) is 14.0 Å². The van der Waals surface area contributed by atoms with E-state index in [4.69, 9.17) is 0 Å². The van der Waals surface area contributed by atoms with Gasteiger partial charge in [-0.3, -0.25) is 0 Å². The molecule has 0 heterocycles. The Balaban J connectivity index is 3.21. The number of halogens is 2. The fourth-order valence-corrected chi connectivity index (χ4v) is 0.784. The molecule has 0 aliphatic carbocycles. The van der Waals surface area contributed by atoms with Gasteiger partial charge in [0.05, 0.1) is 7.11 Å². The van der Waals surface area contributed by atoms with E-state index in [2.05, 4.69) is 4.74 Å². The summed E-state index contributed by atoms with van der Waals surface area (Å²) >= 11 is 0. The molecule has 1 aromatic rings. The van der Waals surface area contributed by atoms with E-state index in [0.717, 1.165) is 12.1 Å². The maximum absolute atomic E-state index is 12.7. The molecule has 0 radical (unpaired) electrons. The number of methoxy groups -OCH3 is 1. The molecule has 60 valence electrons. The van der Waals surface area contributed by atoms with Gasteiger partial charge in [-0.25, -0.2) is 8.78 Å². The SMILES string of the molecule is COc1cc(F)c(C)cc1F. The van der Waals surface area contributed by atoms with Gasteiger partial charge in [0.15, 0.2) is 11.6 Å². The van der Waals surface area contributed by atoms with E-state index < -0.39 is 11.6 Å². The third kappa shape index (κ3) is 1.48. The second kappa shape index (κ2) is 2.86. The van der Waals surface area contributed by atoms with Crippen LogP contribution in [0.1, 0.15) is 5.56 Å². The second-order valence-corrected chi connectivity index (χ2v) is 2.24. The van der Waals surface area contributed by atoms with Crippen molar-refractivity contribution < 1.29 is 13.5 Å². The van der Waals surface area contributed by atoms with E-state index in [0.29, 0.717) is 0 Å². The molecule has 0 unspecified atom stereocenters.